The Morgan fingerprint density at radius 1 is 1.04 bits per heavy atom. The van der Waals surface area contributed by atoms with Gasteiger partial charge in [0.1, 0.15) is 0 Å². The number of carbonyl (C=O) groups excluding carboxylic acids is 1. The smallest absolute Gasteiger partial charge is 0.363 e. The van der Waals surface area contributed by atoms with Gasteiger partial charge in [0.15, 0.2) is 17.2 Å². The number of rotatable bonds is 4. The molecular weight excluding hydrogens is 421 g/mol. The van der Waals surface area contributed by atoms with Crippen molar-refractivity contribution >= 4 is 40.5 Å². The van der Waals surface area contributed by atoms with Crippen molar-refractivity contribution < 1.29 is 19.0 Å². The molecule has 24 heavy (non-hydrogen) atoms. The molecule has 0 amide bonds. The summed E-state index contributed by atoms with van der Waals surface area (Å²) in [5.74, 6) is 1.04. The molecule has 6 heteroatoms. The minimum atomic E-state index is -0.474. The van der Waals surface area contributed by atoms with Crippen LogP contribution in [0.4, 0.5) is 0 Å². The molecule has 0 atom stereocenters. The van der Waals surface area contributed by atoms with Gasteiger partial charge < -0.3 is 14.2 Å². The van der Waals surface area contributed by atoms with Crippen LogP contribution in [-0.2, 0) is 9.53 Å². The fourth-order valence-electron chi connectivity index (χ4n) is 2.23. The van der Waals surface area contributed by atoms with Gasteiger partial charge in [-0.05, 0) is 70.6 Å². The van der Waals surface area contributed by atoms with Crippen LogP contribution in [-0.4, -0.2) is 26.1 Å². The van der Waals surface area contributed by atoms with Gasteiger partial charge in [-0.15, -0.1) is 0 Å². The third-order valence-corrected chi connectivity index (χ3v) is 4.14. The molecule has 0 radical (unpaired) electrons. The summed E-state index contributed by atoms with van der Waals surface area (Å²) >= 11 is 2.21. The predicted octanol–water partition coefficient (Wildman–Crippen LogP) is 3.65. The van der Waals surface area contributed by atoms with Gasteiger partial charge in [-0.2, -0.15) is 0 Å². The van der Waals surface area contributed by atoms with Gasteiger partial charge in [0.2, 0.25) is 5.90 Å². The number of methoxy groups -OCH3 is 2. The third kappa shape index (κ3) is 3.43. The summed E-state index contributed by atoms with van der Waals surface area (Å²) < 4.78 is 16.8. The highest BCUT2D eigenvalue weighted by Crippen LogP contribution is 2.29. The van der Waals surface area contributed by atoms with E-state index in [1.165, 1.54) is 0 Å². The van der Waals surface area contributed by atoms with E-state index in [0.29, 0.717) is 17.4 Å². The van der Waals surface area contributed by atoms with Gasteiger partial charge in [0.25, 0.3) is 0 Å². The van der Waals surface area contributed by atoms with Crippen molar-refractivity contribution in [2.75, 3.05) is 14.2 Å². The van der Waals surface area contributed by atoms with E-state index in [-0.39, 0.29) is 5.70 Å². The van der Waals surface area contributed by atoms with Crippen LogP contribution in [0, 0.1) is 3.57 Å². The molecule has 0 N–H and O–H groups in total. The molecule has 0 saturated carbocycles. The van der Waals surface area contributed by atoms with E-state index < -0.39 is 5.97 Å². The Hall–Kier alpha value is -2.35. The van der Waals surface area contributed by atoms with Crippen molar-refractivity contribution in [2.24, 2.45) is 4.99 Å². The summed E-state index contributed by atoms with van der Waals surface area (Å²) in [4.78, 5) is 16.3. The van der Waals surface area contributed by atoms with Gasteiger partial charge in [-0.1, -0.05) is 6.07 Å². The molecular formula is C18H14INO4. The molecule has 122 valence electrons. The minimum absolute atomic E-state index is 0.246. The lowest BCUT2D eigenvalue weighted by Gasteiger charge is -2.07. The fraction of sp³-hybridized carbons (Fsp3) is 0.111. The predicted molar refractivity (Wildman–Crippen MR) is 99.3 cm³/mol. The average Bonchev–Trinajstić information content (AvgIpc) is 2.96. The summed E-state index contributed by atoms with van der Waals surface area (Å²) in [6.45, 7) is 0. The molecule has 1 aliphatic rings. The highest BCUT2D eigenvalue weighted by atomic mass is 127. The number of halogens is 1. The maximum absolute atomic E-state index is 12.0. The largest absolute Gasteiger partial charge is 0.493 e. The number of hydrogen-bond donors (Lipinski definition) is 0. The number of esters is 1. The molecule has 0 aromatic heterocycles. The quantitative estimate of drug-likeness (QED) is 0.418. The first kappa shape index (κ1) is 16.5. The molecule has 3 rings (SSSR count). The molecule has 2 aromatic carbocycles. The number of hydrogen-bond acceptors (Lipinski definition) is 5. The Balaban J connectivity index is 1.92. The molecule has 0 fully saturated rings. The lowest BCUT2D eigenvalue weighted by atomic mass is 10.1. The Labute approximate surface area is 153 Å². The van der Waals surface area contributed by atoms with E-state index in [9.17, 15) is 4.79 Å². The van der Waals surface area contributed by atoms with Crippen LogP contribution in [0.2, 0.25) is 0 Å². The van der Waals surface area contributed by atoms with E-state index in [0.717, 1.165) is 14.7 Å². The Morgan fingerprint density at radius 2 is 1.75 bits per heavy atom. The summed E-state index contributed by atoms with van der Waals surface area (Å²) in [6, 6.07) is 13.0. The summed E-state index contributed by atoms with van der Waals surface area (Å²) in [5, 5.41) is 0. The number of carbonyl (C=O) groups is 1. The first-order valence-electron chi connectivity index (χ1n) is 7.11. The van der Waals surface area contributed by atoms with E-state index >= 15 is 0 Å². The maximum atomic E-state index is 12.0. The first-order chi connectivity index (χ1) is 11.6. The summed E-state index contributed by atoms with van der Waals surface area (Å²) in [5.41, 5.74) is 1.78. The van der Waals surface area contributed by atoms with Crippen molar-refractivity contribution in [3.63, 3.8) is 0 Å². The molecule has 0 saturated heterocycles. The second kappa shape index (κ2) is 7.04. The van der Waals surface area contributed by atoms with E-state index in [2.05, 4.69) is 27.6 Å². The highest BCUT2D eigenvalue weighted by molar-refractivity contribution is 14.1. The van der Waals surface area contributed by atoms with Crippen molar-refractivity contribution in [1.29, 1.82) is 0 Å². The lowest BCUT2D eigenvalue weighted by Crippen LogP contribution is -2.05. The molecule has 1 heterocycles. The van der Waals surface area contributed by atoms with Gasteiger partial charge in [-0.25, -0.2) is 9.79 Å². The number of benzene rings is 2. The van der Waals surface area contributed by atoms with Crippen molar-refractivity contribution in [3.8, 4) is 11.5 Å². The SMILES string of the molecule is COc1ccc(/C=C2\N=C(c3ccc(I)cc3)OC2=O)cc1OC. The zero-order valence-electron chi connectivity index (χ0n) is 13.1. The molecule has 0 bridgehead atoms. The second-order valence-corrected chi connectivity index (χ2v) is 6.20. The number of aliphatic imine (C=N–C) groups is 1. The average molecular weight is 435 g/mol. The van der Waals surface area contributed by atoms with E-state index in [1.54, 1.807) is 32.4 Å². The molecule has 2 aromatic rings. The molecule has 0 aliphatic carbocycles. The van der Waals surface area contributed by atoms with Crippen LogP contribution in [0.3, 0.4) is 0 Å². The van der Waals surface area contributed by atoms with Crippen LogP contribution in [0.15, 0.2) is 53.2 Å². The van der Waals surface area contributed by atoms with Gasteiger partial charge in [-0.3, -0.25) is 0 Å². The van der Waals surface area contributed by atoms with Crippen LogP contribution in [0.5, 0.6) is 11.5 Å². The molecule has 5 nitrogen and oxygen atoms in total. The van der Waals surface area contributed by atoms with Crippen molar-refractivity contribution in [2.45, 2.75) is 0 Å². The van der Waals surface area contributed by atoms with Crippen LogP contribution in [0.1, 0.15) is 11.1 Å². The van der Waals surface area contributed by atoms with E-state index in [1.807, 2.05) is 30.3 Å². The van der Waals surface area contributed by atoms with Crippen LogP contribution < -0.4 is 9.47 Å². The third-order valence-electron chi connectivity index (χ3n) is 3.42. The lowest BCUT2D eigenvalue weighted by molar-refractivity contribution is -0.129. The number of cyclic esters (lactones) is 1. The normalized spacial score (nSPS) is 15.2. The fourth-order valence-corrected chi connectivity index (χ4v) is 2.59. The Morgan fingerprint density at radius 3 is 2.42 bits per heavy atom. The monoisotopic (exact) mass is 435 g/mol. The molecule has 0 spiro atoms. The summed E-state index contributed by atoms with van der Waals surface area (Å²) in [6.07, 6.45) is 1.66. The maximum Gasteiger partial charge on any atom is 0.363 e. The Kier molecular flexibility index (Phi) is 4.84. The van der Waals surface area contributed by atoms with Crippen LogP contribution >= 0.6 is 22.6 Å². The van der Waals surface area contributed by atoms with Gasteiger partial charge in [0, 0.05) is 9.13 Å². The number of ether oxygens (including phenoxy) is 3. The number of nitrogens with zero attached hydrogens (tertiary/aromatic N) is 1. The molecule has 1 aliphatic heterocycles. The first-order valence-corrected chi connectivity index (χ1v) is 8.19. The van der Waals surface area contributed by atoms with Gasteiger partial charge in [0.05, 0.1) is 14.2 Å². The topological polar surface area (TPSA) is 57.1 Å². The standard InChI is InChI=1S/C18H14INO4/c1-22-15-8-3-11(10-16(15)23-2)9-14-18(21)24-17(20-14)12-4-6-13(19)7-5-12/h3-10H,1-2H3/b14-9-. The zero-order chi connectivity index (χ0) is 17.1. The minimum Gasteiger partial charge on any atom is -0.493 e. The molecule has 0 unspecified atom stereocenters. The Bertz CT molecular complexity index is 841. The van der Waals surface area contributed by atoms with Crippen LogP contribution in [0.25, 0.3) is 6.08 Å². The van der Waals surface area contributed by atoms with Crippen molar-refractivity contribution in [3.05, 3.63) is 62.9 Å². The van der Waals surface area contributed by atoms with E-state index in [4.69, 9.17) is 14.2 Å². The second-order valence-electron chi connectivity index (χ2n) is 4.96. The summed E-state index contributed by atoms with van der Waals surface area (Å²) in [7, 11) is 3.13. The highest BCUT2D eigenvalue weighted by Gasteiger charge is 2.24. The van der Waals surface area contributed by atoms with Crippen molar-refractivity contribution in [1.82, 2.24) is 0 Å². The zero-order valence-corrected chi connectivity index (χ0v) is 15.2. The van der Waals surface area contributed by atoms with Gasteiger partial charge >= 0.3 is 5.97 Å².